The number of aromatic amines is 1. The predicted molar refractivity (Wildman–Crippen MR) is 107 cm³/mol. The highest BCUT2D eigenvalue weighted by molar-refractivity contribution is 6.30. The van der Waals surface area contributed by atoms with Crippen LogP contribution in [0.2, 0.25) is 5.02 Å². The van der Waals surface area contributed by atoms with Crippen molar-refractivity contribution in [1.82, 2.24) is 20.5 Å². The van der Waals surface area contributed by atoms with Crippen LogP contribution in [-0.2, 0) is 11.3 Å². The van der Waals surface area contributed by atoms with Crippen LogP contribution >= 0.6 is 11.6 Å². The summed E-state index contributed by atoms with van der Waals surface area (Å²) in [6.45, 7) is 0.167. The second-order valence-corrected chi connectivity index (χ2v) is 6.60. The number of amides is 1. The predicted octanol–water partition coefficient (Wildman–Crippen LogP) is 4.15. The maximum absolute atomic E-state index is 12.9. The van der Waals surface area contributed by atoms with Gasteiger partial charge in [0.05, 0.1) is 12.8 Å². The van der Waals surface area contributed by atoms with E-state index in [2.05, 4.69) is 20.5 Å². The van der Waals surface area contributed by atoms with Gasteiger partial charge < -0.3 is 14.5 Å². The van der Waals surface area contributed by atoms with Crippen LogP contribution in [0, 0.1) is 0 Å². The number of carbonyl (C=O) groups is 1. The molecular weight excluding hydrogens is 392 g/mol. The van der Waals surface area contributed by atoms with E-state index < -0.39 is 6.10 Å². The largest absolute Gasteiger partial charge is 0.476 e. The van der Waals surface area contributed by atoms with E-state index in [4.69, 9.17) is 20.8 Å². The van der Waals surface area contributed by atoms with Crippen molar-refractivity contribution in [3.8, 4) is 17.3 Å². The molecule has 4 aromatic rings. The summed E-state index contributed by atoms with van der Waals surface area (Å²) in [5.74, 6) is 1.71. The molecule has 1 amide bonds. The van der Waals surface area contributed by atoms with Crippen molar-refractivity contribution >= 4 is 17.5 Å². The van der Waals surface area contributed by atoms with Gasteiger partial charge in [-0.3, -0.25) is 9.89 Å². The summed E-state index contributed by atoms with van der Waals surface area (Å²) in [7, 11) is 0. The summed E-state index contributed by atoms with van der Waals surface area (Å²) in [6.07, 6.45) is 0.718. The number of ether oxygens (including phenoxy) is 1. The second kappa shape index (κ2) is 8.62. The number of hydrogen-bond acceptors (Lipinski definition) is 5. The minimum Gasteiger partial charge on any atom is -0.476 e. The Bertz CT molecular complexity index is 1060. The number of aromatic nitrogens is 3. The molecule has 29 heavy (non-hydrogen) atoms. The van der Waals surface area contributed by atoms with Gasteiger partial charge in [-0.05, 0) is 36.4 Å². The average Bonchev–Trinajstić information content (AvgIpc) is 3.44. The van der Waals surface area contributed by atoms with Crippen LogP contribution in [0.4, 0.5) is 0 Å². The van der Waals surface area contributed by atoms with Gasteiger partial charge in [0.25, 0.3) is 5.91 Å². The molecule has 2 heterocycles. The van der Waals surface area contributed by atoms with Crippen LogP contribution < -0.4 is 10.1 Å². The number of halogens is 1. The highest BCUT2D eigenvalue weighted by Crippen LogP contribution is 2.24. The minimum absolute atomic E-state index is 0.167. The Labute approximate surface area is 171 Å². The van der Waals surface area contributed by atoms with Gasteiger partial charge in [0.2, 0.25) is 11.9 Å². The molecule has 7 nitrogen and oxygen atoms in total. The highest BCUT2D eigenvalue weighted by atomic mass is 35.5. The third-order valence-electron chi connectivity index (χ3n) is 4.11. The van der Waals surface area contributed by atoms with Gasteiger partial charge >= 0.3 is 0 Å². The Morgan fingerprint density at radius 1 is 1.10 bits per heavy atom. The summed E-state index contributed by atoms with van der Waals surface area (Å²) in [4.78, 5) is 17.2. The normalized spacial score (nSPS) is 11.8. The summed E-state index contributed by atoms with van der Waals surface area (Å²) in [5, 5.41) is 10.3. The molecule has 0 spiro atoms. The van der Waals surface area contributed by atoms with Crippen molar-refractivity contribution in [3.05, 3.63) is 89.4 Å². The summed E-state index contributed by atoms with van der Waals surface area (Å²) in [5.41, 5.74) is 0.730. The molecular formula is C21H17ClN4O3. The average molecular weight is 409 g/mol. The Kier molecular flexibility index (Phi) is 5.58. The zero-order valence-corrected chi connectivity index (χ0v) is 16.0. The second-order valence-electron chi connectivity index (χ2n) is 6.16. The van der Waals surface area contributed by atoms with Gasteiger partial charge in [0.15, 0.2) is 5.76 Å². The van der Waals surface area contributed by atoms with Crippen molar-refractivity contribution in [3.63, 3.8) is 0 Å². The topological polar surface area (TPSA) is 93.0 Å². The number of nitrogens with zero attached hydrogens (tertiary/aromatic N) is 2. The lowest BCUT2D eigenvalue weighted by Crippen LogP contribution is -2.32. The lowest BCUT2D eigenvalue weighted by Gasteiger charge is -2.19. The fourth-order valence-electron chi connectivity index (χ4n) is 2.70. The van der Waals surface area contributed by atoms with E-state index in [0.717, 1.165) is 5.56 Å². The molecule has 0 saturated heterocycles. The number of benzene rings is 2. The van der Waals surface area contributed by atoms with Crippen LogP contribution in [0.1, 0.15) is 17.5 Å². The molecule has 0 aliphatic carbocycles. The molecule has 4 rings (SSSR count). The van der Waals surface area contributed by atoms with Crippen LogP contribution in [0.3, 0.4) is 0 Å². The number of nitrogens with one attached hydrogen (secondary N) is 2. The van der Waals surface area contributed by atoms with Crippen LogP contribution in [0.5, 0.6) is 5.75 Å². The Hall–Kier alpha value is -3.58. The Balaban J connectivity index is 1.47. The van der Waals surface area contributed by atoms with Crippen molar-refractivity contribution in [2.75, 3.05) is 0 Å². The van der Waals surface area contributed by atoms with Crippen molar-refractivity contribution in [1.29, 1.82) is 0 Å². The lowest BCUT2D eigenvalue weighted by atomic mass is 10.1. The van der Waals surface area contributed by atoms with Gasteiger partial charge in [-0.1, -0.05) is 41.9 Å². The fourth-order valence-corrected chi connectivity index (χ4v) is 2.83. The van der Waals surface area contributed by atoms with Crippen LogP contribution in [-0.4, -0.2) is 21.1 Å². The van der Waals surface area contributed by atoms with Gasteiger partial charge in [-0.2, -0.15) is 0 Å². The maximum atomic E-state index is 12.9. The molecule has 1 atom stereocenters. The summed E-state index contributed by atoms with van der Waals surface area (Å²) < 4.78 is 11.2. The SMILES string of the molecule is O=C(NCc1nc(-c2ccco2)n[nH]1)C(Oc1ccc(Cl)cc1)c1ccccc1. The molecule has 1 unspecified atom stereocenters. The molecule has 0 bridgehead atoms. The molecule has 0 fully saturated rings. The number of furan rings is 1. The first-order valence-electron chi connectivity index (χ1n) is 8.89. The summed E-state index contributed by atoms with van der Waals surface area (Å²) in [6, 6.07) is 19.6. The third kappa shape index (κ3) is 4.64. The van der Waals surface area contributed by atoms with E-state index in [0.29, 0.717) is 28.2 Å². The quantitative estimate of drug-likeness (QED) is 0.479. The number of hydrogen-bond donors (Lipinski definition) is 2. The minimum atomic E-state index is -0.829. The number of H-pyrrole nitrogens is 1. The van der Waals surface area contributed by atoms with Crippen molar-refractivity contribution in [2.45, 2.75) is 12.6 Å². The molecule has 2 aromatic heterocycles. The molecule has 146 valence electrons. The van der Waals surface area contributed by atoms with Gasteiger partial charge in [-0.25, -0.2) is 4.98 Å². The monoisotopic (exact) mass is 408 g/mol. The zero-order valence-electron chi connectivity index (χ0n) is 15.2. The van der Waals surface area contributed by atoms with Gasteiger partial charge in [-0.15, -0.1) is 5.10 Å². The molecule has 0 aliphatic rings. The Morgan fingerprint density at radius 2 is 1.90 bits per heavy atom. The van der Waals surface area contributed by atoms with E-state index in [1.54, 1.807) is 42.7 Å². The van der Waals surface area contributed by atoms with E-state index in [9.17, 15) is 4.79 Å². The van der Waals surface area contributed by atoms with E-state index in [1.807, 2.05) is 30.3 Å². The Morgan fingerprint density at radius 3 is 2.62 bits per heavy atom. The summed E-state index contributed by atoms with van der Waals surface area (Å²) >= 11 is 5.93. The fraction of sp³-hybridized carbons (Fsp3) is 0.0952. The molecule has 0 aliphatic heterocycles. The van der Waals surface area contributed by atoms with Crippen LogP contribution in [0.25, 0.3) is 11.6 Å². The van der Waals surface area contributed by atoms with E-state index in [-0.39, 0.29) is 12.5 Å². The smallest absolute Gasteiger partial charge is 0.266 e. The standard InChI is InChI=1S/C21H17ClN4O3/c22-15-8-10-16(11-9-15)29-19(14-5-2-1-3-6-14)21(27)23-13-18-24-20(26-25-18)17-7-4-12-28-17/h1-12,19H,13H2,(H,23,27)(H,24,25,26). The first-order valence-corrected chi connectivity index (χ1v) is 9.27. The van der Waals surface area contributed by atoms with Crippen molar-refractivity contribution in [2.24, 2.45) is 0 Å². The number of rotatable bonds is 7. The number of carbonyl (C=O) groups excluding carboxylic acids is 1. The zero-order chi connectivity index (χ0) is 20.1. The maximum Gasteiger partial charge on any atom is 0.266 e. The molecule has 2 aromatic carbocycles. The first kappa shape index (κ1) is 18.8. The lowest BCUT2D eigenvalue weighted by molar-refractivity contribution is -0.128. The highest BCUT2D eigenvalue weighted by Gasteiger charge is 2.23. The molecule has 8 heteroatoms. The van der Waals surface area contributed by atoms with E-state index >= 15 is 0 Å². The van der Waals surface area contributed by atoms with Gasteiger partial charge in [0.1, 0.15) is 11.6 Å². The molecule has 0 radical (unpaired) electrons. The van der Waals surface area contributed by atoms with Crippen molar-refractivity contribution < 1.29 is 13.9 Å². The van der Waals surface area contributed by atoms with E-state index in [1.165, 1.54) is 0 Å². The molecule has 0 saturated carbocycles. The molecule has 2 N–H and O–H groups in total. The van der Waals surface area contributed by atoms with Gasteiger partial charge in [0, 0.05) is 10.6 Å². The first-order chi connectivity index (χ1) is 14.2. The third-order valence-corrected chi connectivity index (χ3v) is 4.36. The van der Waals surface area contributed by atoms with Crippen LogP contribution in [0.15, 0.2) is 77.4 Å².